The third-order valence-corrected chi connectivity index (χ3v) is 6.90. The lowest BCUT2D eigenvalue weighted by atomic mass is 10.1. The second-order valence-corrected chi connectivity index (χ2v) is 9.35. The lowest BCUT2D eigenvalue weighted by Crippen LogP contribution is -2.12. The summed E-state index contributed by atoms with van der Waals surface area (Å²) in [5, 5.41) is 8.73. The molecule has 8 nitrogen and oxygen atoms in total. The van der Waals surface area contributed by atoms with Gasteiger partial charge in [0.05, 0.1) is 24.0 Å². The number of anilines is 1. The number of aryl methyl sites for hydroxylation is 1. The summed E-state index contributed by atoms with van der Waals surface area (Å²) < 4.78 is 12.7. The molecule has 0 unspecified atom stereocenters. The van der Waals surface area contributed by atoms with Gasteiger partial charge in [-0.3, -0.25) is 10.1 Å². The Morgan fingerprint density at radius 1 is 1.06 bits per heavy atom. The Hall–Kier alpha value is -4.24. The van der Waals surface area contributed by atoms with Crippen LogP contribution >= 0.6 is 11.3 Å². The van der Waals surface area contributed by atoms with Gasteiger partial charge in [-0.15, -0.1) is 11.3 Å². The van der Waals surface area contributed by atoms with Crippen LogP contribution in [0.25, 0.3) is 11.0 Å². The van der Waals surface area contributed by atoms with Crippen molar-refractivity contribution < 1.29 is 14.3 Å². The molecule has 1 N–H and O–H groups in total. The molecule has 0 spiro atoms. The number of nitrogens with zero attached hydrogens (tertiary/aromatic N) is 4. The summed E-state index contributed by atoms with van der Waals surface area (Å²) in [5.41, 5.74) is 4.32. The fraction of sp³-hybridized carbons (Fsp3) is 0.154. The van der Waals surface area contributed by atoms with Crippen molar-refractivity contribution >= 4 is 33.4 Å². The molecular weight excluding hydrogens is 462 g/mol. The topological polar surface area (TPSA) is 91.2 Å². The fourth-order valence-electron chi connectivity index (χ4n) is 4.02. The highest BCUT2D eigenvalue weighted by Crippen LogP contribution is 2.34. The SMILES string of the molecule is Cc1nc(NC(=O)c2cnc3c(cnn3Cc3ccccc3)c2)sc1Cc1ccc2c(c1)OCO2. The number of thiazole rings is 1. The van der Waals surface area contributed by atoms with E-state index in [-0.39, 0.29) is 12.7 Å². The summed E-state index contributed by atoms with van der Waals surface area (Å²) in [6.45, 7) is 2.82. The zero-order valence-corrected chi connectivity index (χ0v) is 19.7. The number of carbonyl (C=O) groups excluding carboxylic acids is 1. The fourth-order valence-corrected chi connectivity index (χ4v) is 5.01. The van der Waals surface area contributed by atoms with E-state index in [2.05, 4.69) is 20.4 Å². The predicted octanol–water partition coefficient (Wildman–Crippen LogP) is 4.82. The molecule has 1 amide bonds. The normalized spacial score (nSPS) is 12.3. The Kier molecular flexibility index (Phi) is 5.38. The van der Waals surface area contributed by atoms with Crippen molar-refractivity contribution in [1.82, 2.24) is 19.7 Å². The zero-order valence-electron chi connectivity index (χ0n) is 18.9. The molecule has 0 bridgehead atoms. The summed E-state index contributed by atoms with van der Waals surface area (Å²) in [6, 6.07) is 17.8. The standard InChI is InChI=1S/C26H21N5O3S/c1-16-23(10-18-7-8-21-22(9-18)34-15-33-21)35-26(29-16)30-25(32)20-11-19-13-28-31(24(19)27-12-20)14-17-5-3-2-4-6-17/h2-9,11-13H,10,14-15H2,1H3,(H,29,30,32). The first kappa shape index (κ1) is 21.3. The van der Waals surface area contributed by atoms with Crippen LogP contribution in [0, 0.1) is 6.92 Å². The highest BCUT2D eigenvalue weighted by molar-refractivity contribution is 7.15. The van der Waals surface area contributed by atoms with Crippen LogP contribution in [-0.4, -0.2) is 32.4 Å². The van der Waals surface area contributed by atoms with Crippen LogP contribution in [0.15, 0.2) is 67.0 Å². The van der Waals surface area contributed by atoms with Gasteiger partial charge in [0.1, 0.15) is 0 Å². The van der Waals surface area contributed by atoms with Gasteiger partial charge in [-0.25, -0.2) is 14.6 Å². The number of amides is 1. The lowest BCUT2D eigenvalue weighted by Gasteiger charge is -2.04. The van der Waals surface area contributed by atoms with Crippen molar-refractivity contribution in [1.29, 1.82) is 0 Å². The maximum absolute atomic E-state index is 12.9. The number of hydrogen-bond donors (Lipinski definition) is 1. The Morgan fingerprint density at radius 3 is 2.80 bits per heavy atom. The second kappa shape index (κ2) is 8.84. The molecular formula is C26H21N5O3S. The Labute approximate surface area is 205 Å². The summed E-state index contributed by atoms with van der Waals surface area (Å²) in [5.74, 6) is 1.27. The van der Waals surface area contributed by atoms with E-state index < -0.39 is 0 Å². The molecule has 9 heteroatoms. The van der Waals surface area contributed by atoms with E-state index in [1.807, 2.05) is 60.1 Å². The van der Waals surface area contributed by atoms with E-state index in [0.717, 1.165) is 44.2 Å². The van der Waals surface area contributed by atoms with E-state index >= 15 is 0 Å². The number of aromatic nitrogens is 4. The van der Waals surface area contributed by atoms with Gasteiger partial charge >= 0.3 is 0 Å². The smallest absolute Gasteiger partial charge is 0.259 e. The third-order valence-electron chi connectivity index (χ3n) is 5.83. The number of carbonyl (C=O) groups is 1. The number of hydrogen-bond acceptors (Lipinski definition) is 7. The van der Waals surface area contributed by atoms with Crippen LogP contribution in [0.2, 0.25) is 0 Å². The summed E-state index contributed by atoms with van der Waals surface area (Å²) in [4.78, 5) is 23.1. The van der Waals surface area contributed by atoms with Crippen molar-refractivity contribution in [2.75, 3.05) is 12.1 Å². The van der Waals surface area contributed by atoms with Gasteiger partial charge in [-0.2, -0.15) is 5.10 Å². The monoisotopic (exact) mass is 483 g/mol. The molecule has 3 aromatic heterocycles. The molecule has 2 aromatic carbocycles. The first-order valence-corrected chi connectivity index (χ1v) is 12.0. The third kappa shape index (κ3) is 4.33. The van der Waals surface area contributed by atoms with Crippen molar-refractivity contribution in [3.63, 3.8) is 0 Å². The first-order chi connectivity index (χ1) is 17.1. The van der Waals surface area contributed by atoms with Crippen molar-refractivity contribution in [3.8, 4) is 11.5 Å². The number of benzene rings is 2. The first-order valence-electron chi connectivity index (χ1n) is 11.1. The minimum Gasteiger partial charge on any atom is -0.454 e. The quantitative estimate of drug-likeness (QED) is 0.373. The number of ether oxygens (including phenoxy) is 2. The van der Waals surface area contributed by atoms with Crippen LogP contribution in [0.1, 0.15) is 32.1 Å². The molecule has 0 saturated heterocycles. The largest absolute Gasteiger partial charge is 0.454 e. The van der Waals surface area contributed by atoms with Crippen molar-refractivity contribution in [2.45, 2.75) is 19.9 Å². The van der Waals surface area contributed by atoms with Gasteiger partial charge in [0, 0.05) is 22.9 Å². The second-order valence-electron chi connectivity index (χ2n) is 8.27. The molecule has 0 aliphatic carbocycles. The molecule has 1 aliphatic rings. The molecule has 4 heterocycles. The molecule has 5 aromatic rings. The molecule has 1 aliphatic heterocycles. The van der Waals surface area contributed by atoms with Crippen molar-refractivity contribution in [2.24, 2.45) is 0 Å². The lowest BCUT2D eigenvalue weighted by molar-refractivity contribution is 0.102. The number of fused-ring (bicyclic) bond motifs is 2. The molecule has 0 fully saturated rings. The average Bonchev–Trinajstić information content (AvgIpc) is 3.58. The number of rotatable bonds is 6. The Bertz CT molecular complexity index is 1540. The van der Waals surface area contributed by atoms with Gasteiger partial charge in [-0.05, 0) is 36.2 Å². The van der Waals surface area contributed by atoms with E-state index in [4.69, 9.17) is 9.47 Å². The zero-order chi connectivity index (χ0) is 23.8. The molecule has 174 valence electrons. The van der Waals surface area contributed by atoms with Gasteiger partial charge in [-0.1, -0.05) is 36.4 Å². The van der Waals surface area contributed by atoms with Gasteiger partial charge in [0.2, 0.25) is 6.79 Å². The summed E-state index contributed by atoms with van der Waals surface area (Å²) >= 11 is 1.47. The average molecular weight is 484 g/mol. The van der Waals surface area contributed by atoms with Crippen LogP contribution in [0.5, 0.6) is 11.5 Å². The highest BCUT2D eigenvalue weighted by Gasteiger charge is 2.17. The Balaban J connectivity index is 1.16. The molecule has 6 rings (SSSR count). The predicted molar refractivity (Wildman–Crippen MR) is 133 cm³/mol. The van der Waals surface area contributed by atoms with E-state index in [1.165, 1.54) is 11.3 Å². The van der Waals surface area contributed by atoms with E-state index in [9.17, 15) is 4.79 Å². The molecule has 0 radical (unpaired) electrons. The van der Waals surface area contributed by atoms with Gasteiger partial charge < -0.3 is 9.47 Å². The minimum atomic E-state index is -0.251. The van der Waals surface area contributed by atoms with Gasteiger partial charge in [0.15, 0.2) is 22.3 Å². The number of pyridine rings is 1. The summed E-state index contributed by atoms with van der Waals surface area (Å²) in [7, 11) is 0. The highest BCUT2D eigenvalue weighted by atomic mass is 32.1. The van der Waals surface area contributed by atoms with E-state index in [1.54, 1.807) is 18.5 Å². The van der Waals surface area contributed by atoms with E-state index in [0.29, 0.717) is 23.7 Å². The van der Waals surface area contributed by atoms with Crippen LogP contribution in [0.4, 0.5) is 5.13 Å². The summed E-state index contributed by atoms with van der Waals surface area (Å²) in [6.07, 6.45) is 4.01. The van der Waals surface area contributed by atoms with Crippen LogP contribution < -0.4 is 14.8 Å². The minimum absolute atomic E-state index is 0.251. The van der Waals surface area contributed by atoms with Gasteiger partial charge in [0.25, 0.3) is 5.91 Å². The molecule has 0 saturated carbocycles. The van der Waals surface area contributed by atoms with Crippen molar-refractivity contribution in [3.05, 3.63) is 94.3 Å². The molecule has 0 atom stereocenters. The Morgan fingerprint density at radius 2 is 1.91 bits per heavy atom. The maximum Gasteiger partial charge on any atom is 0.259 e. The number of nitrogens with one attached hydrogen (secondary N) is 1. The van der Waals surface area contributed by atoms with Crippen LogP contribution in [0.3, 0.4) is 0 Å². The maximum atomic E-state index is 12.9. The van der Waals surface area contributed by atoms with Crippen LogP contribution in [-0.2, 0) is 13.0 Å². The molecule has 35 heavy (non-hydrogen) atoms.